The number of phenols is 1. The molecule has 0 unspecified atom stereocenters. The Morgan fingerprint density at radius 3 is 2.07 bits per heavy atom. The first-order chi connectivity index (χ1) is 6.04. The second-order valence-electron chi connectivity index (χ2n) is 2.27. The summed E-state index contributed by atoms with van der Waals surface area (Å²) in [5, 5.41) is 29.7. The Bertz CT molecular complexity index is 374. The number of carbonyl (C=O) groups is 2. The summed E-state index contributed by atoms with van der Waals surface area (Å²) in [5.41, 5.74) is -1.36. The molecule has 0 saturated heterocycles. The fourth-order valence-corrected chi connectivity index (χ4v) is 0.925. The minimum atomic E-state index is -1.75. The maximum absolute atomic E-state index is 10.4. The van der Waals surface area contributed by atoms with Gasteiger partial charge in [0.15, 0.2) is 0 Å². The number of rotatable bonds is 2. The van der Waals surface area contributed by atoms with E-state index in [1.54, 1.807) is 0 Å². The standard InChI is InChI=1S/C8H6O5.Ag/c9-5-3-1-2-4(7(10)11)6(5)8(12)13;/h1-3,9H,(H,10,11)(H,12,13);/q;+2/p-2. The van der Waals surface area contributed by atoms with Gasteiger partial charge >= 0.3 is 22.4 Å². The molecule has 0 fully saturated rings. The van der Waals surface area contributed by atoms with Crippen LogP contribution in [0.25, 0.3) is 0 Å². The van der Waals surface area contributed by atoms with Gasteiger partial charge in [0.1, 0.15) is 5.75 Å². The zero-order valence-corrected chi connectivity index (χ0v) is 8.10. The summed E-state index contributed by atoms with van der Waals surface area (Å²) in [5.74, 6) is -4.07. The van der Waals surface area contributed by atoms with Crippen LogP contribution in [0.5, 0.6) is 5.75 Å². The Kier molecular flexibility index (Phi) is 4.36. The average molecular weight is 288 g/mol. The molecule has 0 atom stereocenters. The van der Waals surface area contributed by atoms with Crippen molar-refractivity contribution in [2.45, 2.75) is 0 Å². The van der Waals surface area contributed by atoms with Gasteiger partial charge in [0, 0.05) is 11.1 Å². The Morgan fingerprint density at radius 2 is 1.71 bits per heavy atom. The van der Waals surface area contributed by atoms with Crippen LogP contribution in [0.15, 0.2) is 18.2 Å². The Labute approximate surface area is 94.5 Å². The van der Waals surface area contributed by atoms with Crippen molar-refractivity contribution in [1.29, 1.82) is 0 Å². The van der Waals surface area contributed by atoms with Gasteiger partial charge in [0.2, 0.25) is 0 Å². The van der Waals surface area contributed by atoms with E-state index < -0.39 is 28.8 Å². The van der Waals surface area contributed by atoms with E-state index in [1.165, 1.54) is 6.07 Å². The molecule has 0 saturated carbocycles. The molecule has 6 heteroatoms. The van der Waals surface area contributed by atoms with Crippen LogP contribution >= 0.6 is 0 Å². The number of aromatic hydroxyl groups is 1. The van der Waals surface area contributed by atoms with Gasteiger partial charge in [0.05, 0.1) is 11.9 Å². The maximum atomic E-state index is 10.4. The second-order valence-corrected chi connectivity index (χ2v) is 2.27. The van der Waals surface area contributed by atoms with E-state index in [0.29, 0.717) is 0 Å². The molecule has 0 aromatic heterocycles. The molecule has 0 bridgehead atoms. The van der Waals surface area contributed by atoms with E-state index in [-0.39, 0.29) is 22.4 Å². The SMILES string of the molecule is O=C([O-])c1cccc(O)c1C(=O)[O-].[Ag+2]. The molecule has 0 spiro atoms. The molecule has 14 heavy (non-hydrogen) atoms. The topological polar surface area (TPSA) is 100 Å². The number of carboxylic acids is 2. The van der Waals surface area contributed by atoms with Crippen LogP contribution < -0.4 is 10.2 Å². The molecule has 5 nitrogen and oxygen atoms in total. The van der Waals surface area contributed by atoms with Gasteiger partial charge < -0.3 is 24.9 Å². The third-order valence-corrected chi connectivity index (χ3v) is 1.47. The number of hydrogen-bond donors (Lipinski definition) is 1. The first-order valence-electron chi connectivity index (χ1n) is 3.28. The predicted octanol–water partition coefficient (Wildman–Crippen LogP) is -1.88. The Morgan fingerprint density at radius 1 is 1.14 bits per heavy atom. The van der Waals surface area contributed by atoms with Crippen molar-refractivity contribution in [1.82, 2.24) is 0 Å². The van der Waals surface area contributed by atoms with Crippen LogP contribution in [0.3, 0.4) is 0 Å². The summed E-state index contributed by atoms with van der Waals surface area (Å²) >= 11 is 0. The van der Waals surface area contributed by atoms with Crippen molar-refractivity contribution in [3.05, 3.63) is 29.3 Å². The van der Waals surface area contributed by atoms with E-state index in [4.69, 9.17) is 5.11 Å². The van der Waals surface area contributed by atoms with Crippen LogP contribution in [0, 0.1) is 0 Å². The summed E-state index contributed by atoms with van der Waals surface area (Å²) < 4.78 is 0. The zero-order valence-electron chi connectivity index (χ0n) is 6.61. The number of hydrogen-bond acceptors (Lipinski definition) is 5. The molecule has 0 heterocycles. The third-order valence-electron chi connectivity index (χ3n) is 1.47. The van der Waals surface area contributed by atoms with E-state index >= 15 is 0 Å². The van der Waals surface area contributed by atoms with E-state index in [0.717, 1.165) is 12.1 Å². The summed E-state index contributed by atoms with van der Waals surface area (Å²) in [7, 11) is 0. The third kappa shape index (κ3) is 2.35. The fourth-order valence-electron chi connectivity index (χ4n) is 0.925. The van der Waals surface area contributed by atoms with E-state index in [9.17, 15) is 19.8 Å². The summed E-state index contributed by atoms with van der Waals surface area (Å²) in [6.45, 7) is 0. The molecule has 77 valence electrons. The largest absolute Gasteiger partial charge is 2.00 e. The monoisotopic (exact) mass is 287 g/mol. The molecule has 0 aliphatic carbocycles. The molecule has 1 N–H and O–H groups in total. The Hall–Kier alpha value is -1.30. The second kappa shape index (κ2) is 4.80. The minimum Gasteiger partial charge on any atom is -0.545 e. The van der Waals surface area contributed by atoms with Gasteiger partial charge in [-0.2, -0.15) is 0 Å². The smallest absolute Gasteiger partial charge is 0.545 e. The van der Waals surface area contributed by atoms with Crippen LogP contribution in [0.2, 0.25) is 0 Å². The molecule has 0 aliphatic heterocycles. The van der Waals surface area contributed by atoms with E-state index in [2.05, 4.69) is 0 Å². The normalized spacial score (nSPS) is 8.86. The first-order valence-corrected chi connectivity index (χ1v) is 3.28. The molecular formula is C8H4AgO5. The summed E-state index contributed by atoms with van der Waals surface area (Å²) in [4.78, 5) is 20.7. The van der Waals surface area contributed by atoms with Crippen molar-refractivity contribution in [2.75, 3.05) is 0 Å². The predicted molar refractivity (Wildman–Crippen MR) is 36.8 cm³/mol. The zero-order chi connectivity index (χ0) is 10.0. The van der Waals surface area contributed by atoms with Crippen LogP contribution in [0.1, 0.15) is 20.7 Å². The van der Waals surface area contributed by atoms with Gasteiger partial charge in [-0.1, -0.05) is 12.1 Å². The van der Waals surface area contributed by atoms with Gasteiger partial charge in [-0.3, -0.25) is 0 Å². The number of carbonyl (C=O) groups excluding carboxylic acids is 2. The Balaban J connectivity index is 0.00000169. The van der Waals surface area contributed by atoms with Crippen molar-refractivity contribution < 1.29 is 47.3 Å². The first kappa shape index (κ1) is 12.7. The van der Waals surface area contributed by atoms with Crippen molar-refractivity contribution >= 4 is 11.9 Å². The number of benzene rings is 1. The van der Waals surface area contributed by atoms with Gasteiger partial charge in [0.25, 0.3) is 0 Å². The molecule has 1 aromatic carbocycles. The number of carboxylic acid groups (broad SMARTS) is 2. The van der Waals surface area contributed by atoms with Gasteiger partial charge in [-0.15, -0.1) is 0 Å². The van der Waals surface area contributed by atoms with Crippen LogP contribution in [0.4, 0.5) is 0 Å². The van der Waals surface area contributed by atoms with Gasteiger partial charge in [-0.05, 0) is 6.07 Å². The van der Waals surface area contributed by atoms with Crippen molar-refractivity contribution in [2.24, 2.45) is 0 Å². The molecular weight excluding hydrogens is 284 g/mol. The average Bonchev–Trinajstić information content (AvgIpc) is 2.02. The minimum absolute atomic E-state index is 0. The van der Waals surface area contributed by atoms with Crippen molar-refractivity contribution in [3.8, 4) is 5.75 Å². The molecule has 1 radical (unpaired) electrons. The van der Waals surface area contributed by atoms with Gasteiger partial charge in [-0.25, -0.2) is 0 Å². The molecule has 0 amide bonds. The van der Waals surface area contributed by atoms with Crippen molar-refractivity contribution in [3.63, 3.8) is 0 Å². The maximum Gasteiger partial charge on any atom is 2.00 e. The fraction of sp³-hybridized carbons (Fsp3) is 0. The summed E-state index contributed by atoms with van der Waals surface area (Å²) in [6, 6.07) is 3.27. The quantitative estimate of drug-likeness (QED) is 0.642. The van der Waals surface area contributed by atoms with Crippen LogP contribution in [-0.4, -0.2) is 17.0 Å². The molecule has 0 aliphatic rings. The summed E-state index contributed by atoms with van der Waals surface area (Å²) in [6.07, 6.45) is 0. The molecule has 1 aromatic rings. The van der Waals surface area contributed by atoms with Crippen LogP contribution in [-0.2, 0) is 22.4 Å². The van der Waals surface area contributed by atoms with E-state index in [1.807, 2.05) is 0 Å². The molecule has 1 rings (SSSR count). The number of aromatic carboxylic acids is 2.